The minimum Gasteiger partial charge on any atom is -0.366 e. The van der Waals surface area contributed by atoms with Crippen molar-refractivity contribution in [3.05, 3.63) is 35.0 Å². The van der Waals surface area contributed by atoms with Crippen LogP contribution in [0.1, 0.15) is 21.6 Å². The fourth-order valence-corrected chi connectivity index (χ4v) is 2.02. The Morgan fingerprint density at radius 1 is 1.33 bits per heavy atom. The summed E-state index contributed by atoms with van der Waals surface area (Å²) in [6, 6.07) is 5.66. The van der Waals surface area contributed by atoms with Crippen molar-refractivity contribution in [2.75, 3.05) is 0 Å². The van der Waals surface area contributed by atoms with Gasteiger partial charge in [0.2, 0.25) is 0 Å². The molecule has 1 aromatic heterocycles. The van der Waals surface area contributed by atoms with Crippen molar-refractivity contribution in [1.82, 2.24) is 4.57 Å². The third kappa shape index (κ3) is 1.23. The summed E-state index contributed by atoms with van der Waals surface area (Å²) in [6.45, 7) is 4.10. The first kappa shape index (κ1) is 9.77. The van der Waals surface area contributed by atoms with Crippen LogP contribution >= 0.6 is 0 Å². The number of aryl methyl sites for hydroxylation is 2. The van der Waals surface area contributed by atoms with E-state index >= 15 is 0 Å². The van der Waals surface area contributed by atoms with Gasteiger partial charge in [-0.05, 0) is 25.5 Å². The molecule has 0 fully saturated rings. The van der Waals surface area contributed by atoms with E-state index in [0.29, 0.717) is 5.56 Å². The maximum atomic E-state index is 11.3. The van der Waals surface area contributed by atoms with Gasteiger partial charge in [-0.1, -0.05) is 12.1 Å². The van der Waals surface area contributed by atoms with Gasteiger partial charge in [-0.2, -0.15) is 0 Å². The molecule has 0 aliphatic rings. The summed E-state index contributed by atoms with van der Waals surface area (Å²) < 4.78 is 2.02. The van der Waals surface area contributed by atoms with Crippen molar-refractivity contribution in [1.29, 1.82) is 0 Å². The molecule has 0 aliphatic carbocycles. The molecule has 0 bridgehead atoms. The molecule has 3 heteroatoms. The molecule has 0 unspecified atom stereocenters. The number of fused-ring (bicyclic) bond motifs is 1. The maximum absolute atomic E-state index is 11.3. The normalized spacial score (nSPS) is 10.9. The first-order valence-corrected chi connectivity index (χ1v) is 4.88. The van der Waals surface area contributed by atoms with Gasteiger partial charge in [-0.3, -0.25) is 4.79 Å². The van der Waals surface area contributed by atoms with E-state index in [4.69, 9.17) is 5.73 Å². The second-order valence-electron chi connectivity index (χ2n) is 3.84. The Morgan fingerprint density at radius 2 is 2.00 bits per heavy atom. The number of hydrogen-bond acceptors (Lipinski definition) is 1. The molecular formula is C12H14N2O. The standard InChI is InChI=1S/C12H14N2O/c1-7-8(2)14(3)11-9(7)5-4-6-10(11)12(13)15/h4-6H,1-3H3,(H2,13,15). The summed E-state index contributed by atoms with van der Waals surface area (Å²) in [4.78, 5) is 11.3. The quantitative estimate of drug-likeness (QED) is 0.754. The Kier molecular flexibility index (Phi) is 2.03. The topological polar surface area (TPSA) is 48.0 Å². The van der Waals surface area contributed by atoms with Crippen LogP contribution in [0.4, 0.5) is 0 Å². The van der Waals surface area contributed by atoms with E-state index in [1.54, 1.807) is 6.07 Å². The van der Waals surface area contributed by atoms with E-state index in [0.717, 1.165) is 10.9 Å². The van der Waals surface area contributed by atoms with E-state index < -0.39 is 0 Å². The average molecular weight is 202 g/mol. The first-order valence-electron chi connectivity index (χ1n) is 4.88. The van der Waals surface area contributed by atoms with E-state index in [1.807, 2.05) is 30.7 Å². The SMILES string of the molecule is Cc1c(C)n(C)c2c(C(N)=O)cccc12. The highest BCUT2D eigenvalue weighted by Gasteiger charge is 2.13. The Labute approximate surface area is 88.5 Å². The maximum Gasteiger partial charge on any atom is 0.250 e. The molecule has 0 aliphatic heterocycles. The summed E-state index contributed by atoms with van der Waals surface area (Å²) in [5, 5.41) is 1.10. The minimum absolute atomic E-state index is 0.374. The molecule has 2 aromatic rings. The van der Waals surface area contributed by atoms with Crippen LogP contribution in [0.2, 0.25) is 0 Å². The van der Waals surface area contributed by atoms with Crippen molar-refractivity contribution in [3.8, 4) is 0 Å². The van der Waals surface area contributed by atoms with Crippen molar-refractivity contribution in [3.63, 3.8) is 0 Å². The average Bonchev–Trinajstić information content (AvgIpc) is 2.44. The molecule has 2 rings (SSSR count). The third-order valence-corrected chi connectivity index (χ3v) is 3.09. The van der Waals surface area contributed by atoms with Gasteiger partial charge < -0.3 is 10.3 Å². The number of amides is 1. The van der Waals surface area contributed by atoms with Crippen molar-refractivity contribution < 1.29 is 4.79 Å². The van der Waals surface area contributed by atoms with Gasteiger partial charge >= 0.3 is 0 Å². The van der Waals surface area contributed by atoms with Gasteiger partial charge in [-0.25, -0.2) is 0 Å². The Hall–Kier alpha value is -1.77. The number of nitrogens with zero attached hydrogens (tertiary/aromatic N) is 1. The second kappa shape index (κ2) is 3.12. The van der Waals surface area contributed by atoms with Gasteiger partial charge in [0.05, 0.1) is 11.1 Å². The molecule has 0 saturated heterocycles. The molecular weight excluding hydrogens is 188 g/mol. The lowest BCUT2D eigenvalue weighted by Gasteiger charge is -2.02. The van der Waals surface area contributed by atoms with E-state index in [-0.39, 0.29) is 5.91 Å². The lowest BCUT2D eigenvalue weighted by Crippen LogP contribution is -2.12. The molecule has 1 heterocycles. The van der Waals surface area contributed by atoms with Gasteiger partial charge in [-0.15, -0.1) is 0 Å². The highest BCUT2D eigenvalue weighted by atomic mass is 16.1. The zero-order valence-electron chi connectivity index (χ0n) is 9.16. The van der Waals surface area contributed by atoms with Crippen molar-refractivity contribution in [2.45, 2.75) is 13.8 Å². The predicted molar refractivity (Wildman–Crippen MR) is 60.9 cm³/mol. The zero-order valence-corrected chi connectivity index (χ0v) is 9.16. The molecule has 0 radical (unpaired) electrons. The lowest BCUT2D eigenvalue weighted by molar-refractivity contribution is 0.100. The van der Waals surface area contributed by atoms with Crippen LogP contribution in [-0.2, 0) is 7.05 Å². The Morgan fingerprint density at radius 3 is 2.60 bits per heavy atom. The fourth-order valence-electron chi connectivity index (χ4n) is 2.02. The van der Waals surface area contributed by atoms with Gasteiger partial charge in [0.1, 0.15) is 0 Å². The number of rotatable bonds is 1. The Bertz CT molecular complexity index is 552. The number of carbonyl (C=O) groups is 1. The Balaban J connectivity index is 2.98. The summed E-state index contributed by atoms with van der Waals surface area (Å²) in [5.41, 5.74) is 9.25. The van der Waals surface area contributed by atoms with Crippen LogP contribution in [0, 0.1) is 13.8 Å². The number of para-hydroxylation sites is 1. The molecule has 1 aromatic carbocycles. The molecule has 2 N–H and O–H groups in total. The number of aromatic nitrogens is 1. The van der Waals surface area contributed by atoms with Crippen LogP contribution in [-0.4, -0.2) is 10.5 Å². The van der Waals surface area contributed by atoms with Gasteiger partial charge in [0.15, 0.2) is 0 Å². The number of carbonyl (C=O) groups excluding carboxylic acids is 1. The number of primary amides is 1. The largest absolute Gasteiger partial charge is 0.366 e. The summed E-state index contributed by atoms with van der Waals surface area (Å²) in [6.07, 6.45) is 0. The molecule has 15 heavy (non-hydrogen) atoms. The number of nitrogens with two attached hydrogens (primary N) is 1. The van der Waals surface area contributed by atoms with Crippen LogP contribution in [0.3, 0.4) is 0 Å². The van der Waals surface area contributed by atoms with Crippen LogP contribution in [0.5, 0.6) is 0 Å². The number of benzene rings is 1. The second-order valence-corrected chi connectivity index (χ2v) is 3.84. The van der Waals surface area contributed by atoms with Gasteiger partial charge in [0.25, 0.3) is 5.91 Å². The van der Waals surface area contributed by atoms with E-state index in [1.165, 1.54) is 11.3 Å². The molecule has 0 atom stereocenters. The predicted octanol–water partition coefficient (Wildman–Crippen LogP) is 1.89. The fraction of sp³-hybridized carbons (Fsp3) is 0.250. The van der Waals surface area contributed by atoms with Crippen LogP contribution in [0.25, 0.3) is 10.9 Å². The highest BCUT2D eigenvalue weighted by molar-refractivity contribution is 6.06. The summed E-state index contributed by atoms with van der Waals surface area (Å²) in [7, 11) is 1.96. The monoisotopic (exact) mass is 202 g/mol. The molecule has 0 saturated carbocycles. The summed E-state index contributed by atoms with van der Waals surface area (Å²) >= 11 is 0. The number of hydrogen-bond donors (Lipinski definition) is 1. The summed E-state index contributed by atoms with van der Waals surface area (Å²) in [5.74, 6) is -0.374. The lowest BCUT2D eigenvalue weighted by atomic mass is 10.1. The van der Waals surface area contributed by atoms with E-state index in [2.05, 4.69) is 6.92 Å². The van der Waals surface area contributed by atoms with Crippen LogP contribution < -0.4 is 5.73 Å². The molecule has 0 spiro atoms. The minimum atomic E-state index is -0.374. The highest BCUT2D eigenvalue weighted by Crippen LogP contribution is 2.26. The smallest absolute Gasteiger partial charge is 0.250 e. The third-order valence-electron chi connectivity index (χ3n) is 3.09. The molecule has 3 nitrogen and oxygen atoms in total. The van der Waals surface area contributed by atoms with Gasteiger partial charge in [0, 0.05) is 18.1 Å². The van der Waals surface area contributed by atoms with Crippen LogP contribution in [0.15, 0.2) is 18.2 Å². The zero-order chi connectivity index (χ0) is 11.2. The molecule has 1 amide bonds. The molecule has 78 valence electrons. The van der Waals surface area contributed by atoms with Crippen molar-refractivity contribution >= 4 is 16.8 Å². The first-order chi connectivity index (χ1) is 7.04. The van der Waals surface area contributed by atoms with E-state index in [9.17, 15) is 4.79 Å². The van der Waals surface area contributed by atoms with Crippen molar-refractivity contribution in [2.24, 2.45) is 12.8 Å².